The highest BCUT2D eigenvalue weighted by molar-refractivity contribution is 6.42. The van der Waals surface area contributed by atoms with Gasteiger partial charge in [0.1, 0.15) is 6.04 Å². The first-order chi connectivity index (χ1) is 8.41. The number of rotatable bonds is 6. The van der Waals surface area contributed by atoms with E-state index in [-0.39, 0.29) is 0 Å². The van der Waals surface area contributed by atoms with Crippen molar-refractivity contribution in [2.24, 2.45) is 0 Å². The van der Waals surface area contributed by atoms with Gasteiger partial charge >= 0.3 is 5.97 Å². The first-order valence-electron chi connectivity index (χ1n) is 5.47. The molecular weight excluding hydrogens is 275 g/mol. The summed E-state index contributed by atoms with van der Waals surface area (Å²) in [5.41, 5.74) is 0.593. The average Bonchev–Trinajstić information content (AvgIpc) is 2.27. The topological polar surface area (TPSA) is 52.6 Å². The van der Waals surface area contributed by atoms with Crippen LogP contribution in [0.15, 0.2) is 18.2 Å². The van der Waals surface area contributed by atoms with Crippen molar-refractivity contribution in [2.45, 2.75) is 6.04 Å². The minimum absolute atomic E-state index is 0.356. The maximum absolute atomic E-state index is 11.2. The molecule has 2 N–H and O–H groups in total. The molecule has 0 radical (unpaired) electrons. The molecule has 0 heterocycles. The molecule has 0 aromatic heterocycles. The molecule has 0 aliphatic carbocycles. The van der Waals surface area contributed by atoms with E-state index in [0.717, 1.165) is 6.54 Å². The summed E-state index contributed by atoms with van der Waals surface area (Å²) >= 11 is 11.7. The van der Waals surface area contributed by atoms with E-state index in [0.29, 0.717) is 22.2 Å². The van der Waals surface area contributed by atoms with E-state index < -0.39 is 12.0 Å². The largest absolute Gasteiger partial charge is 0.480 e. The summed E-state index contributed by atoms with van der Waals surface area (Å²) in [4.78, 5) is 13.2. The number of nitrogens with zero attached hydrogens (tertiary/aromatic N) is 1. The second kappa shape index (κ2) is 6.95. The van der Waals surface area contributed by atoms with E-state index >= 15 is 0 Å². The summed E-state index contributed by atoms with van der Waals surface area (Å²) in [5, 5.41) is 12.9. The molecule has 0 saturated heterocycles. The van der Waals surface area contributed by atoms with Gasteiger partial charge in [0.15, 0.2) is 0 Å². The Morgan fingerprint density at radius 2 is 2.06 bits per heavy atom. The van der Waals surface area contributed by atoms with Crippen LogP contribution in [-0.2, 0) is 4.79 Å². The molecule has 1 atom stereocenters. The predicted molar refractivity (Wildman–Crippen MR) is 73.4 cm³/mol. The van der Waals surface area contributed by atoms with Crippen LogP contribution in [0.3, 0.4) is 0 Å². The van der Waals surface area contributed by atoms with Gasteiger partial charge in [-0.05, 0) is 31.8 Å². The lowest BCUT2D eigenvalue weighted by molar-refractivity contribution is -0.139. The number of carboxylic acids is 1. The number of hydrogen-bond acceptors (Lipinski definition) is 3. The quantitative estimate of drug-likeness (QED) is 0.844. The molecule has 0 bridgehead atoms. The summed E-state index contributed by atoms with van der Waals surface area (Å²) < 4.78 is 0. The van der Waals surface area contributed by atoms with E-state index in [1.165, 1.54) is 0 Å². The van der Waals surface area contributed by atoms with Crippen molar-refractivity contribution in [3.8, 4) is 0 Å². The van der Waals surface area contributed by atoms with Gasteiger partial charge in [0.25, 0.3) is 0 Å². The van der Waals surface area contributed by atoms with Crippen molar-refractivity contribution in [3.63, 3.8) is 0 Å². The van der Waals surface area contributed by atoms with Crippen LogP contribution >= 0.6 is 23.2 Å². The Balaban J connectivity index is 2.78. The number of carbonyl (C=O) groups is 1. The van der Waals surface area contributed by atoms with E-state index in [2.05, 4.69) is 5.32 Å². The first-order valence-corrected chi connectivity index (χ1v) is 6.23. The maximum atomic E-state index is 11.2. The molecule has 0 amide bonds. The molecule has 0 unspecified atom stereocenters. The van der Waals surface area contributed by atoms with Gasteiger partial charge in [0.2, 0.25) is 0 Å². The highest BCUT2D eigenvalue weighted by atomic mass is 35.5. The lowest BCUT2D eigenvalue weighted by atomic mass is 10.1. The van der Waals surface area contributed by atoms with E-state index in [1.807, 2.05) is 19.0 Å². The Morgan fingerprint density at radius 1 is 1.39 bits per heavy atom. The summed E-state index contributed by atoms with van der Waals surface area (Å²) in [6.07, 6.45) is 0. The highest BCUT2D eigenvalue weighted by Gasteiger charge is 2.19. The van der Waals surface area contributed by atoms with Crippen LogP contribution in [0, 0.1) is 0 Å². The summed E-state index contributed by atoms with van der Waals surface area (Å²) in [7, 11) is 3.85. The standard InChI is InChI=1S/C12H16Cl2N2O2/c1-16(2)6-5-15-11(12(17)18)8-3-4-9(13)10(14)7-8/h3-4,7,11,15H,5-6H2,1-2H3,(H,17,18)/t11-/m1/s1. The van der Waals surface area contributed by atoms with Crippen molar-refractivity contribution in [1.29, 1.82) is 0 Å². The van der Waals surface area contributed by atoms with E-state index in [4.69, 9.17) is 23.2 Å². The van der Waals surface area contributed by atoms with E-state index in [9.17, 15) is 9.90 Å². The van der Waals surface area contributed by atoms with E-state index in [1.54, 1.807) is 18.2 Å². The number of nitrogens with one attached hydrogen (secondary N) is 1. The minimum Gasteiger partial charge on any atom is -0.480 e. The van der Waals surface area contributed by atoms with Gasteiger partial charge in [-0.15, -0.1) is 0 Å². The van der Waals surface area contributed by atoms with Crippen LogP contribution in [0.5, 0.6) is 0 Å². The van der Waals surface area contributed by atoms with Crippen LogP contribution in [0.25, 0.3) is 0 Å². The lowest BCUT2D eigenvalue weighted by Gasteiger charge is -2.17. The molecule has 1 rings (SSSR count). The van der Waals surface area contributed by atoms with Gasteiger partial charge in [-0.25, -0.2) is 0 Å². The normalized spacial score (nSPS) is 12.7. The van der Waals surface area contributed by atoms with Crippen LogP contribution in [-0.4, -0.2) is 43.2 Å². The third kappa shape index (κ3) is 4.46. The molecule has 0 aliphatic heterocycles. The van der Waals surface area contributed by atoms with Crippen molar-refractivity contribution in [2.75, 3.05) is 27.2 Å². The number of likely N-dealkylation sites (N-methyl/N-ethyl adjacent to an activating group) is 1. The Morgan fingerprint density at radius 3 is 2.56 bits per heavy atom. The fraction of sp³-hybridized carbons (Fsp3) is 0.417. The molecule has 0 saturated carbocycles. The molecule has 1 aromatic rings. The number of carboxylic acid groups (broad SMARTS) is 1. The third-order valence-corrected chi connectivity index (χ3v) is 3.17. The smallest absolute Gasteiger partial charge is 0.325 e. The fourth-order valence-corrected chi connectivity index (χ4v) is 1.78. The van der Waals surface area contributed by atoms with Crippen LogP contribution in [0.4, 0.5) is 0 Å². The summed E-state index contributed by atoms with van der Waals surface area (Å²) in [6, 6.07) is 4.06. The van der Waals surface area contributed by atoms with Gasteiger partial charge in [-0.2, -0.15) is 0 Å². The Hall–Kier alpha value is -0.810. The van der Waals surface area contributed by atoms with Crippen molar-refractivity contribution in [3.05, 3.63) is 33.8 Å². The Bertz CT molecular complexity index is 425. The van der Waals surface area contributed by atoms with Gasteiger partial charge in [-0.1, -0.05) is 29.3 Å². The van der Waals surface area contributed by atoms with Crippen LogP contribution in [0.2, 0.25) is 10.0 Å². The molecule has 0 spiro atoms. The molecule has 0 aliphatic rings. The Labute approximate surface area is 116 Å². The summed E-state index contributed by atoms with van der Waals surface area (Å²) in [6.45, 7) is 1.33. The number of hydrogen-bond donors (Lipinski definition) is 2. The number of benzene rings is 1. The zero-order valence-corrected chi connectivity index (χ0v) is 11.8. The highest BCUT2D eigenvalue weighted by Crippen LogP contribution is 2.25. The van der Waals surface area contributed by atoms with Gasteiger partial charge in [0, 0.05) is 13.1 Å². The molecular formula is C12H16Cl2N2O2. The van der Waals surface area contributed by atoms with Crippen molar-refractivity contribution < 1.29 is 9.90 Å². The van der Waals surface area contributed by atoms with Crippen LogP contribution in [0.1, 0.15) is 11.6 Å². The Kier molecular flexibility index (Phi) is 5.88. The van der Waals surface area contributed by atoms with Crippen LogP contribution < -0.4 is 5.32 Å². The molecule has 100 valence electrons. The third-order valence-electron chi connectivity index (χ3n) is 2.43. The molecule has 4 nitrogen and oxygen atoms in total. The second-order valence-electron chi connectivity index (χ2n) is 4.20. The number of aliphatic carboxylic acids is 1. The molecule has 1 aromatic carbocycles. The molecule has 18 heavy (non-hydrogen) atoms. The average molecular weight is 291 g/mol. The number of halogens is 2. The fourth-order valence-electron chi connectivity index (χ4n) is 1.47. The molecule has 6 heteroatoms. The predicted octanol–water partition coefficient (Wildman–Crippen LogP) is 2.27. The van der Waals surface area contributed by atoms with Gasteiger partial charge < -0.3 is 10.0 Å². The summed E-state index contributed by atoms with van der Waals surface area (Å²) in [5.74, 6) is -0.938. The SMILES string of the molecule is CN(C)CCN[C@@H](C(=O)O)c1ccc(Cl)c(Cl)c1. The zero-order chi connectivity index (χ0) is 13.7. The first kappa shape index (κ1) is 15.2. The molecule has 0 fully saturated rings. The monoisotopic (exact) mass is 290 g/mol. The zero-order valence-electron chi connectivity index (χ0n) is 10.3. The minimum atomic E-state index is -0.938. The second-order valence-corrected chi connectivity index (χ2v) is 5.02. The maximum Gasteiger partial charge on any atom is 0.325 e. The lowest BCUT2D eigenvalue weighted by Crippen LogP contribution is -2.33. The van der Waals surface area contributed by atoms with Crippen molar-refractivity contribution >= 4 is 29.2 Å². The van der Waals surface area contributed by atoms with Gasteiger partial charge in [0.05, 0.1) is 10.0 Å². The van der Waals surface area contributed by atoms with Gasteiger partial charge in [-0.3, -0.25) is 10.1 Å². The van der Waals surface area contributed by atoms with Crippen molar-refractivity contribution in [1.82, 2.24) is 10.2 Å².